The maximum Gasteiger partial charge on any atom is 0.0947 e. The smallest absolute Gasteiger partial charge is 0.0947 e. The predicted octanol–water partition coefficient (Wildman–Crippen LogP) is 2.49. The molecule has 0 radical (unpaired) electrons. The molecule has 2 atom stereocenters. The molecule has 0 saturated carbocycles. The van der Waals surface area contributed by atoms with E-state index in [1.165, 1.54) is 0 Å². The summed E-state index contributed by atoms with van der Waals surface area (Å²) < 4.78 is 5.57. The summed E-state index contributed by atoms with van der Waals surface area (Å²) in [6, 6.07) is 0. The van der Waals surface area contributed by atoms with Gasteiger partial charge in [0.05, 0.1) is 22.3 Å². The average molecular weight is 254 g/mol. The molecule has 2 unspecified atom stereocenters. The minimum atomic E-state index is -0.229. The Balaban J connectivity index is 2.12. The van der Waals surface area contributed by atoms with Crippen LogP contribution in [0.3, 0.4) is 0 Å². The van der Waals surface area contributed by atoms with Crippen LogP contribution in [0.4, 0.5) is 0 Å². The number of aromatic nitrogens is 1. The average Bonchev–Trinajstić information content (AvgIpc) is 2.75. The summed E-state index contributed by atoms with van der Waals surface area (Å²) in [6.07, 6.45) is 1.89. The van der Waals surface area contributed by atoms with Crippen LogP contribution in [0, 0.1) is 0 Å². The lowest BCUT2D eigenvalue weighted by molar-refractivity contribution is 0.0955. The molecule has 0 bridgehead atoms. The van der Waals surface area contributed by atoms with E-state index >= 15 is 0 Å². The molecule has 1 saturated heterocycles. The minimum absolute atomic E-state index is 0.119. The van der Waals surface area contributed by atoms with Gasteiger partial charge < -0.3 is 10.5 Å². The molecular weight excluding hydrogens is 232 g/mol. The first-order chi connectivity index (χ1) is 7.81. The van der Waals surface area contributed by atoms with Crippen molar-refractivity contribution in [2.45, 2.75) is 57.6 Å². The van der Waals surface area contributed by atoms with Gasteiger partial charge in [0.1, 0.15) is 0 Å². The standard InChI is InChI=1S/C13H22N2OS/c1-9-13(14,5-6-16-9)7-11-15-10(8-17-11)12(2,3)4/h8-9H,5-7,14H2,1-4H3. The highest BCUT2D eigenvalue weighted by atomic mass is 32.1. The Morgan fingerprint density at radius 1 is 1.59 bits per heavy atom. The number of rotatable bonds is 2. The van der Waals surface area contributed by atoms with Crippen molar-refractivity contribution < 1.29 is 4.74 Å². The second-order valence-corrected chi connectivity index (χ2v) is 6.99. The first-order valence-corrected chi connectivity index (χ1v) is 7.05. The Labute approximate surface area is 107 Å². The Hall–Kier alpha value is -0.450. The Kier molecular flexibility index (Phi) is 3.31. The number of ether oxygens (including phenoxy) is 1. The van der Waals surface area contributed by atoms with Crippen molar-refractivity contribution >= 4 is 11.3 Å². The molecule has 1 fully saturated rings. The normalized spacial score (nSPS) is 29.8. The van der Waals surface area contributed by atoms with E-state index in [-0.39, 0.29) is 17.1 Å². The molecule has 96 valence electrons. The molecule has 2 rings (SSSR count). The lowest BCUT2D eigenvalue weighted by Crippen LogP contribution is -2.48. The van der Waals surface area contributed by atoms with Gasteiger partial charge in [0.25, 0.3) is 0 Å². The zero-order valence-electron chi connectivity index (χ0n) is 11.1. The van der Waals surface area contributed by atoms with E-state index in [9.17, 15) is 0 Å². The van der Waals surface area contributed by atoms with Crippen LogP contribution in [0.5, 0.6) is 0 Å². The van der Waals surface area contributed by atoms with Crippen LogP contribution >= 0.6 is 11.3 Å². The van der Waals surface area contributed by atoms with Gasteiger partial charge in [-0.05, 0) is 13.3 Å². The molecule has 1 aromatic heterocycles. The van der Waals surface area contributed by atoms with Gasteiger partial charge in [0.15, 0.2) is 0 Å². The van der Waals surface area contributed by atoms with Crippen LogP contribution in [-0.4, -0.2) is 23.2 Å². The van der Waals surface area contributed by atoms with Gasteiger partial charge in [-0.1, -0.05) is 20.8 Å². The highest BCUT2D eigenvalue weighted by Crippen LogP contribution is 2.30. The van der Waals surface area contributed by atoms with E-state index < -0.39 is 0 Å². The van der Waals surface area contributed by atoms with Crippen molar-refractivity contribution in [2.75, 3.05) is 6.61 Å². The third-order valence-electron chi connectivity index (χ3n) is 3.55. The van der Waals surface area contributed by atoms with Crippen LogP contribution < -0.4 is 5.73 Å². The monoisotopic (exact) mass is 254 g/mol. The molecule has 1 aliphatic rings. The van der Waals surface area contributed by atoms with Crippen molar-refractivity contribution in [1.29, 1.82) is 0 Å². The molecular formula is C13H22N2OS. The Bertz CT molecular complexity index is 396. The summed E-state index contributed by atoms with van der Waals surface area (Å²) in [5, 5.41) is 3.29. The quantitative estimate of drug-likeness (QED) is 0.882. The van der Waals surface area contributed by atoms with Crippen LogP contribution in [-0.2, 0) is 16.6 Å². The zero-order valence-corrected chi connectivity index (χ0v) is 11.9. The van der Waals surface area contributed by atoms with E-state index in [1.807, 2.05) is 0 Å². The van der Waals surface area contributed by atoms with Gasteiger partial charge in [0, 0.05) is 23.8 Å². The third-order valence-corrected chi connectivity index (χ3v) is 4.39. The van der Waals surface area contributed by atoms with Crippen molar-refractivity contribution in [3.8, 4) is 0 Å². The van der Waals surface area contributed by atoms with Gasteiger partial charge in [-0.25, -0.2) is 4.98 Å². The number of hydrogen-bond acceptors (Lipinski definition) is 4. The van der Waals surface area contributed by atoms with E-state index in [4.69, 9.17) is 15.5 Å². The van der Waals surface area contributed by atoms with Crippen LogP contribution in [0.25, 0.3) is 0 Å². The summed E-state index contributed by atoms with van der Waals surface area (Å²) in [7, 11) is 0. The largest absolute Gasteiger partial charge is 0.377 e. The van der Waals surface area contributed by atoms with Crippen molar-refractivity contribution in [2.24, 2.45) is 5.73 Å². The van der Waals surface area contributed by atoms with E-state index in [0.717, 1.165) is 30.2 Å². The third kappa shape index (κ3) is 2.69. The van der Waals surface area contributed by atoms with Gasteiger partial charge >= 0.3 is 0 Å². The second-order valence-electron chi connectivity index (χ2n) is 6.05. The summed E-state index contributed by atoms with van der Waals surface area (Å²) in [5.74, 6) is 0. The highest BCUT2D eigenvalue weighted by Gasteiger charge is 2.38. The summed E-state index contributed by atoms with van der Waals surface area (Å²) in [5.41, 5.74) is 7.44. The summed E-state index contributed by atoms with van der Waals surface area (Å²) in [4.78, 5) is 4.71. The van der Waals surface area contributed by atoms with Gasteiger partial charge in [0.2, 0.25) is 0 Å². The van der Waals surface area contributed by atoms with Crippen LogP contribution in [0.15, 0.2) is 5.38 Å². The molecule has 0 aliphatic carbocycles. The second kappa shape index (κ2) is 4.34. The predicted molar refractivity (Wildman–Crippen MR) is 71.5 cm³/mol. The van der Waals surface area contributed by atoms with Gasteiger partial charge in [-0.2, -0.15) is 0 Å². The van der Waals surface area contributed by atoms with Crippen LogP contribution in [0.2, 0.25) is 0 Å². The first kappa shape index (κ1) is 13.0. The fraction of sp³-hybridized carbons (Fsp3) is 0.769. The molecule has 1 aromatic rings. The molecule has 0 spiro atoms. The molecule has 3 nitrogen and oxygen atoms in total. The fourth-order valence-corrected chi connectivity index (χ4v) is 3.20. The lowest BCUT2D eigenvalue weighted by Gasteiger charge is -2.26. The van der Waals surface area contributed by atoms with Crippen molar-refractivity contribution in [1.82, 2.24) is 4.98 Å². The number of nitrogens with zero attached hydrogens (tertiary/aromatic N) is 1. The van der Waals surface area contributed by atoms with Crippen molar-refractivity contribution in [3.05, 3.63) is 16.1 Å². The van der Waals surface area contributed by atoms with Crippen molar-refractivity contribution in [3.63, 3.8) is 0 Å². The summed E-state index contributed by atoms with van der Waals surface area (Å²) >= 11 is 1.72. The molecule has 2 heterocycles. The number of nitrogens with two attached hydrogens (primary N) is 1. The SMILES string of the molecule is CC1OCCC1(N)Cc1nc(C(C)(C)C)cs1. The van der Waals surface area contributed by atoms with Gasteiger partial charge in [-0.3, -0.25) is 0 Å². The molecule has 0 aromatic carbocycles. The molecule has 4 heteroatoms. The maximum atomic E-state index is 6.39. The molecule has 0 amide bonds. The van der Waals surface area contributed by atoms with E-state index in [1.54, 1.807) is 11.3 Å². The fourth-order valence-electron chi connectivity index (χ4n) is 2.05. The first-order valence-electron chi connectivity index (χ1n) is 6.17. The topological polar surface area (TPSA) is 48.1 Å². The Morgan fingerprint density at radius 3 is 2.76 bits per heavy atom. The number of thiazole rings is 1. The number of hydrogen-bond donors (Lipinski definition) is 1. The lowest BCUT2D eigenvalue weighted by atomic mass is 9.89. The minimum Gasteiger partial charge on any atom is -0.377 e. The highest BCUT2D eigenvalue weighted by molar-refractivity contribution is 7.09. The van der Waals surface area contributed by atoms with E-state index in [2.05, 4.69) is 33.1 Å². The summed E-state index contributed by atoms with van der Waals surface area (Å²) in [6.45, 7) is 9.39. The zero-order chi connectivity index (χ0) is 12.7. The van der Waals surface area contributed by atoms with E-state index in [0.29, 0.717) is 0 Å². The van der Waals surface area contributed by atoms with Gasteiger partial charge in [-0.15, -0.1) is 11.3 Å². The maximum absolute atomic E-state index is 6.39. The molecule has 1 aliphatic heterocycles. The molecule has 17 heavy (non-hydrogen) atoms. The molecule has 2 N–H and O–H groups in total. The Morgan fingerprint density at radius 2 is 2.29 bits per heavy atom. The van der Waals surface area contributed by atoms with Crippen LogP contribution in [0.1, 0.15) is 44.8 Å².